The molecule has 0 saturated heterocycles. The number of nitrogens with two attached hydrogens (primary N) is 1. The summed E-state index contributed by atoms with van der Waals surface area (Å²) in [4.78, 5) is 24.3. The van der Waals surface area contributed by atoms with E-state index in [4.69, 9.17) is 16.3 Å². The largest absolute Gasteiger partial charge is 0.544 e. The number of carbonyl (C=O) groups is 2. The first-order valence-electron chi connectivity index (χ1n) is 7.30. The van der Waals surface area contributed by atoms with E-state index in [1.54, 1.807) is 23.5 Å². The lowest BCUT2D eigenvalue weighted by Gasteiger charge is -2.17. The minimum absolute atomic E-state index is 0.172. The van der Waals surface area contributed by atoms with Gasteiger partial charge in [0.1, 0.15) is 24.9 Å². The van der Waals surface area contributed by atoms with E-state index >= 15 is 0 Å². The Morgan fingerprint density at radius 1 is 1.43 bits per heavy atom. The number of carboxylic acids is 1. The average Bonchev–Trinajstić information content (AvgIpc) is 2.45. The lowest BCUT2D eigenvalue weighted by Crippen LogP contribution is -3.10. The van der Waals surface area contributed by atoms with Crippen molar-refractivity contribution < 1.29 is 29.6 Å². The van der Waals surface area contributed by atoms with Crippen LogP contribution in [0.4, 0.5) is 5.69 Å². The molecule has 4 N–H and O–H groups in total. The topological polar surface area (TPSA) is 99.5 Å². The summed E-state index contributed by atoms with van der Waals surface area (Å²) in [6, 6.07) is 3.89. The predicted octanol–water partition coefficient (Wildman–Crippen LogP) is -2.50. The molecule has 0 heterocycles. The maximum atomic E-state index is 12.0. The van der Waals surface area contributed by atoms with Crippen LogP contribution in [-0.4, -0.2) is 52.2 Å². The molecular weight excluding hydrogens is 322 g/mol. The van der Waals surface area contributed by atoms with E-state index in [1.165, 1.54) is 12.0 Å². The zero-order valence-electron chi connectivity index (χ0n) is 13.5. The standard InChI is InChI=1S/C15H22ClN3O4/c1-19(2)7-6-17-12(15(21)22)9-14(20)18-10-4-5-13(23-3)11(16)8-10/h4-5,8,12,17H,6-7,9H2,1-3H3,(H,18,20)(H,21,22)/p+1/t12-/m0/s1. The molecule has 1 aromatic rings. The van der Waals surface area contributed by atoms with Crippen molar-refractivity contribution in [3.8, 4) is 5.75 Å². The number of hydrogen-bond donors (Lipinski definition) is 3. The van der Waals surface area contributed by atoms with Crippen molar-refractivity contribution in [2.45, 2.75) is 12.5 Å². The number of amides is 1. The summed E-state index contributed by atoms with van der Waals surface area (Å²) >= 11 is 5.98. The first kappa shape index (κ1) is 19.2. The molecule has 1 amide bonds. The summed E-state index contributed by atoms with van der Waals surface area (Å²) in [6.45, 7) is 1.39. The van der Waals surface area contributed by atoms with Crippen LogP contribution in [0.25, 0.3) is 0 Å². The summed E-state index contributed by atoms with van der Waals surface area (Å²) in [5.41, 5.74) is 0.482. The highest BCUT2D eigenvalue weighted by Gasteiger charge is 2.19. The minimum Gasteiger partial charge on any atom is -0.544 e. The van der Waals surface area contributed by atoms with E-state index in [-0.39, 0.29) is 6.42 Å². The number of anilines is 1. The normalized spacial score (nSPS) is 12.0. The van der Waals surface area contributed by atoms with Crippen LogP contribution in [0.5, 0.6) is 5.75 Å². The van der Waals surface area contributed by atoms with Gasteiger partial charge in [-0.3, -0.25) is 4.79 Å². The van der Waals surface area contributed by atoms with E-state index in [0.29, 0.717) is 23.0 Å². The molecule has 8 heteroatoms. The molecule has 23 heavy (non-hydrogen) atoms. The molecule has 7 nitrogen and oxygen atoms in total. The van der Waals surface area contributed by atoms with E-state index < -0.39 is 17.9 Å². The Labute approximate surface area is 140 Å². The second-order valence-electron chi connectivity index (χ2n) is 5.51. The molecule has 0 aromatic heterocycles. The van der Waals surface area contributed by atoms with Gasteiger partial charge in [0.2, 0.25) is 5.91 Å². The fraction of sp³-hybridized carbons (Fsp3) is 0.467. The highest BCUT2D eigenvalue weighted by atomic mass is 35.5. The molecule has 1 rings (SSSR count). The van der Waals surface area contributed by atoms with Gasteiger partial charge in [0.15, 0.2) is 0 Å². The van der Waals surface area contributed by atoms with Gasteiger partial charge in [0, 0.05) is 5.69 Å². The first-order chi connectivity index (χ1) is 10.8. The minimum atomic E-state index is -1.25. The van der Waals surface area contributed by atoms with Gasteiger partial charge in [0.05, 0.1) is 38.6 Å². The summed E-state index contributed by atoms with van der Waals surface area (Å²) in [5.74, 6) is -1.16. The van der Waals surface area contributed by atoms with Crippen molar-refractivity contribution in [1.29, 1.82) is 0 Å². The van der Waals surface area contributed by atoms with Crippen LogP contribution in [0.1, 0.15) is 6.42 Å². The van der Waals surface area contributed by atoms with Gasteiger partial charge in [-0.15, -0.1) is 0 Å². The number of halogens is 1. The fourth-order valence-electron chi connectivity index (χ4n) is 1.99. The summed E-state index contributed by atoms with van der Waals surface area (Å²) < 4.78 is 5.03. The predicted molar refractivity (Wildman–Crippen MR) is 84.5 cm³/mol. The Morgan fingerprint density at radius 2 is 2.13 bits per heavy atom. The van der Waals surface area contributed by atoms with E-state index in [1.807, 2.05) is 14.1 Å². The molecule has 0 aliphatic rings. The molecule has 0 fully saturated rings. The number of quaternary nitrogens is 2. The Kier molecular flexibility index (Phi) is 7.80. The number of methoxy groups -OCH3 is 1. The van der Waals surface area contributed by atoms with Crippen molar-refractivity contribution in [3.05, 3.63) is 23.2 Å². The Bertz CT molecular complexity index is 552. The van der Waals surface area contributed by atoms with E-state index in [0.717, 1.165) is 6.54 Å². The molecule has 0 radical (unpaired) electrons. The number of likely N-dealkylation sites (N-methyl/N-ethyl adjacent to an activating group) is 1. The van der Waals surface area contributed by atoms with Gasteiger partial charge in [0.25, 0.3) is 0 Å². The second-order valence-corrected chi connectivity index (χ2v) is 5.92. The number of rotatable bonds is 9. The lowest BCUT2D eigenvalue weighted by molar-refractivity contribution is -0.876. The number of carbonyl (C=O) groups excluding carboxylic acids is 2. The third-order valence-electron chi connectivity index (χ3n) is 3.24. The van der Waals surface area contributed by atoms with Crippen molar-refractivity contribution in [1.82, 2.24) is 0 Å². The third kappa shape index (κ3) is 6.85. The third-order valence-corrected chi connectivity index (χ3v) is 3.53. The van der Waals surface area contributed by atoms with E-state index in [9.17, 15) is 14.7 Å². The molecule has 0 spiro atoms. The van der Waals surface area contributed by atoms with E-state index in [2.05, 4.69) is 5.32 Å². The Balaban J connectivity index is 2.58. The second kappa shape index (κ2) is 9.34. The van der Waals surface area contributed by atoms with Crippen molar-refractivity contribution >= 4 is 29.2 Å². The number of ether oxygens (including phenoxy) is 1. The molecule has 0 bridgehead atoms. The highest BCUT2D eigenvalue weighted by molar-refractivity contribution is 6.32. The zero-order chi connectivity index (χ0) is 17.4. The van der Waals surface area contributed by atoms with Gasteiger partial charge in [-0.2, -0.15) is 0 Å². The van der Waals surface area contributed by atoms with Gasteiger partial charge >= 0.3 is 0 Å². The van der Waals surface area contributed by atoms with Crippen molar-refractivity contribution in [3.63, 3.8) is 0 Å². The molecule has 1 aromatic carbocycles. The quantitative estimate of drug-likeness (QED) is 0.461. The van der Waals surface area contributed by atoms with Crippen LogP contribution in [-0.2, 0) is 9.59 Å². The van der Waals surface area contributed by atoms with Crippen molar-refractivity contribution in [2.75, 3.05) is 39.6 Å². The van der Waals surface area contributed by atoms with Crippen molar-refractivity contribution in [2.24, 2.45) is 0 Å². The maximum Gasteiger partial charge on any atom is 0.230 e. The molecule has 0 unspecified atom stereocenters. The number of hydrogen-bond acceptors (Lipinski definition) is 4. The van der Waals surface area contributed by atoms with Crippen LogP contribution >= 0.6 is 11.6 Å². The van der Waals surface area contributed by atoms with Crippen LogP contribution in [0, 0.1) is 0 Å². The summed E-state index contributed by atoms with van der Waals surface area (Å²) in [7, 11) is 5.44. The number of carboxylic acid groups (broad SMARTS) is 1. The molecular formula is C15H23ClN3O4+. The first-order valence-corrected chi connectivity index (χ1v) is 7.68. The van der Waals surface area contributed by atoms with Crippen LogP contribution < -0.4 is 25.4 Å². The molecule has 0 saturated carbocycles. The number of nitrogens with one attached hydrogen (secondary N) is 2. The Hall–Kier alpha value is -1.83. The van der Waals surface area contributed by atoms with Gasteiger partial charge < -0.3 is 30.2 Å². The Morgan fingerprint density at radius 3 is 2.65 bits per heavy atom. The van der Waals surface area contributed by atoms with Crippen LogP contribution in [0.15, 0.2) is 18.2 Å². The van der Waals surface area contributed by atoms with Gasteiger partial charge in [-0.05, 0) is 18.2 Å². The SMILES string of the molecule is COc1ccc(NC(=O)C[C@H]([NH2+]CC[NH+](C)C)C(=O)[O-])cc1Cl. The molecule has 0 aliphatic heterocycles. The fourth-order valence-corrected chi connectivity index (χ4v) is 2.25. The average molecular weight is 345 g/mol. The zero-order valence-corrected chi connectivity index (χ0v) is 14.3. The molecule has 128 valence electrons. The maximum absolute atomic E-state index is 12.0. The lowest BCUT2D eigenvalue weighted by atomic mass is 10.2. The molecule has 0 aliphatic carbocycles. The monoisotopic (exact) mass is 344 g/mol. The molecule has 1 atom stereocenters. The highest BCUT2D eigenvalue weighted by Crippen LogP contribution is 2.27. The smallest absolute Gasteiger partial charge is 0.230 e. The number of aliphatic carboxylic acids is 1. The summed E-state index contributed by atoms with van der Waals surface area (Å²) in [6.07, 6.45) is -0.172. The van der Waals surface area contributed by atoms with Crippen LogP contribution in [0.3, 0.4) is 0 Å². The van der Waals surface area contributed by atoms with Crippen LogP contribution in [0.2, 0.25) is 5.02 Å². The number of benzene rings is 1. The van der Waals surface area contributed by atoms with Gasteiger partial charge in [-0.1, -0.05) is 11.6 Å². The van der Waals surface area contributed by atoms with Gasteiger partial charge in [-0.25, -0.2) is 0 Å². The summed E-state index contributed by atoms with van der Waals surface area (Å²) in [5, 5.41) is 15.7.